The van der Waals surface area contributed by atoms with Crippen LogP contribution in [0.1, 0.15) is 19.8 Å². The van der Waals surface area contributed by atoms with Crippen LogP contribution >= 0.6 is 0 Å². The van der Waals surface area contributed by atoms with Crippen LogP contribution < -0.4 is 15.8 Å². The van der Waals surface area contributed by atoms with Crippen LogP contribution in [0.25, 0.3) is 0 Å². The van der Waals surface area contributed by atoms with Crippen LogP contribution in [0.3, 0.4) is 0 Å². The number of ether oxygens (including phenoxy) is 1. The first-order chi connectivity index (χ1) is 7.76. The molecule has 0 amide bonds. The van der Waals surface area contributed by atoms with Gasteiger partial charge in [-0.05, 0) is 6.42 Å². The van der Waals surface area contributed by atoms with E-state index >= 15 is 0 Å². The molecule has 0 aliphatic heterocycles. The molecule has 0 bridgehead atoms. The first-order valence-electron chi connectivity index (χ1n) is 5.21. The van der Waals surface area contributed by atoms with Crippen LogP contribution in [0.5, 0.6) is 5.88 Å². The molecule has 1 aromatic heterocycles. The second-order valence-electron chi connectivity index (χ2n) is 3.18. The van der Waals surface area contributed by atoms with Crippen molar-refractivity contribution >= 4 is 11.8 Å². The SMILES string of the molecule is C#CCCOc1cc(NCCC)nc(N)n1. The Balaban J connectivity index is 2.62. The van der Waals surface area contributed by atoms with Gasteiger partial charge in [0.05, 0.1) is 0 Å². The quantitative estimate of drug-likeness (QED) is 0.558. The van der Waals surface area contributed by atoms with E-state index in [1.807, 2.05) is 0 Å². The van der Waals surface area contributed by atoms with Crippen molar-refractivity contribution < 1.29 is 4.74 Å². The summed E-state index contributed by atoms with van der Waals surface area (Å²) in [4.78, 5) is 7.98. The average molecular weight is 220 g/mol. The first-order valence-corrected chi connectivity index (χ1v) is 5.21. The zero-order valence-corrected chi connectivity index (χ0v) is 9.36. The molecule has 0 aliphatic rings. The minimum atomic E-state index is 0.191. The molecule has 0 fully saturated rings. The monoisotopic (exact) mass is 220 g/mol. The molecule has 0 saturated heterocycles. The highest BCUT2D eigenvalue weighted by atomic mass is 16.5. The van der Waals surface area contributed by atoms with Gasteiger partial charge in [0.1, 0.15) is 12.4 Å². The summed E-state index contributed by atoms with van der Waals surface area (Å²) in [6, 6.07) is 1.71. The van der Waals surface area contributed by atoms with Gasteiger partial charge in [-0.15, -0.1) is 12.3 Å². The molecule has 5 heteroatoms. The minimum absolute atomic E-state index is 0.191. The molecule has 0 aromatic carbocycles. The fourth-order valence-electron chi connectivity index (χ4n) is 1.07. The molecule has 0 saturated carbocycles. The third-order valence-corrected chi connectivity index (χ3v) is 1.77. The molecule has 1 aromatic rings. The zero-order valence-electron chi connectivity index (χ0n) is 9.36. The Labute approximate surface area is 95.4 Å². The van der Waals surface area contributed by atoms with Gasteiger partial charge in [0, 0.05) is 19.0 Å². The van der Waals surface area contributed by atoms with Crippen LogP contribution in [-0.2, 0) is 0 Å². The molecule has 1 heterocycles. The predicted molar refractivity (Wildman–Crippen MR) is 64.2 cm³/mol. The predicted octanol–water partition coefficient (Wildman–Crippen LogP) is 1.28. The van der Waals surface area contributed by atoms with Gasteiger partial charge in [0.25, 0.3) is 0 Å². The molecule has 0 unspecified atom stereocenters. The number of nitrogens with two attached hydrogens (primary N) is 1. The van der Waals surface area contributed by atoms with Crippen molar-refractivity contribution in [2.75, 3.05) is 24.2 Å². The van der Waals surface area contributed by atoms with Crippen molar-refractivity contribution in [3.05, 3.63) is 6.07 Å². The highest BCUT2D eigenvalue weighted by molar-refractivity contribution is 5.42. The zero-order chi connectivity index (χ0) is 11.8. The van der Waals surface area contributed by atoms with Gasteiger partial charge in [0.2, 0.25) is 11.8 Å². The fraction of sp³-hybridized carbons (Fsp3) is 0.455. The van der Waals surface area contributed by atoms with Crippen molar-refractivity contribution in [3.63, 3.8) is 0 Å². The van der Waals surface area contributed by atoms with Gasteiger partial charge in [-0.2, -0.15) is 9.97 Å². The topological polar surface area (TPSA) is 73.1 Å². The van der Waals surface area contributed by atoms with Crippen LogP contribution in [-0.4, -0.2) is 23.1 Å². The molecular weight excluding hydrogens is 204 g/mol. The second-order valence-corrected chi connectivity index (χ2v) is 3.18. The third kappa shape index (κ3) is 4.05. The Hall–Kier alpha value is -1.96. The van der Waals surface area contributed by atoms with Crippen molar-refractivity contribution in [2.45, 2.75) is 19.8 Å². The third-order valence-electron chi connectivity index (χ3n) is 1.77. The van der Waals surface area contributed by atoms with Gasteiger partial charge < -0.3 is 15.8 Å². The minimum Gasteiger partial charge on any atom is -0.476 e. The van der Waals surface area contributed by atoms with E-state index in [1.165, 1.54) is 0 Å². The van der Waals surface area contributed by atoms with Gasteiger partial charge in [-0.3, -0.25) is 0 Å². The highest BCUT2D eigenvalue weighted by Crippen LogP contribution is 2.14. The van der Waals surface area contributed by atoms with Crippen LogP contribution in [0.15, 0.2) is 6.07 Å². The standard InChI is InChI=1S/C11H16N4O/c1-3-5-7-16-10-8-9(13-6-4-2)14-11(12)15-10/h1,8H,4-7H2,2H3,(H3,12,13,14,15). The molecule has 5 nitrogen and oxygen atoms in total. The van der Waals surface area contributed by atoms with Crippen molar-refractivity contribution in [2.24, 2.45) is 0 Å². The van der Waals surface area contributed by atoms with E-state index in [2.05, 4.69) is 28.1 Å². The summed E-state index contributed by atoms with van der Waals surface area (Å²) in [6.45, 7) is 3.34. The van der Waals surface area contributed by atoms with Gasteiger partial charge in [0.15, 0.2) is 0 Å². The van der Waals surface area contributed by atoms with Gasteiger partial charge in [-0.25, -0.2) is 0 Å². The smallest absolute Gasteiger partial charge is 0.225 e. The molecule has 3 N–H and O–H groups in total. The molecule has 0 aliphatic carbocycles. The van der Waals surface area contributed by atoms with E-state index in [1.54, 1.807) is 6.07 Å². The first kappa shape index (κ1) is 12.1. The molecular formula is C11H16N4O. The lowest BCUT2D eigenvalue weighted by molar-refractivity contribution is 0.314. The van der Waals surface area contributed by atoms with E-state index in [9.17, 15) is 0 Å². The summed E-state index contributed by atoms with van der Waals surface area (Å²) in [5, 5.41) is 3.11. The van der Waals surface area contributed by atoms with Crippen LogP contribution in [0, 0.1) is 12.3 Å². The maximum Gasteiger partial charge on any atom is 0.225 e. The molecule has 16 heavy (non-hydrogen) atoms. The summed E-state index contributed by atoms with van der Waals surface area (Å²) in [6.07, 6.45) is 6.67. The Bertz CT molecular complexity index is 373. The summed E-state index contributed by atoms with van der Waals surface area (Å²) in [5.41, 5.74) is 5.55. The molecule has 0 atom stereocenters. The molecule has 0 radical (unpaired) electrons. The number of terminal acetylenes is 1. The lowest BCUT2D eigenvalue weighted by atomic mass is 10.4. The van der Waals surface area contributed by atoms with E-state index in [0.29, 0.717) is 24.7 Å². The summed E-state index contributed by atoms with van der Waals surface area (Å²) in [5.74, 6) is 3.79. The molecule has 86 valence electrons. The summed E-state index contributed by atoms with van der Waals surface area (Å²) in [7, 11) is 0. The number of nitrogen functional groups attached to an aromatic ring is 1. The number of nitrogens with one attached hydrogen (secondary N) is 1. The number of anilines is 2. The Morgan fingerprint density at radius 3 is 3.06 bits per heavy atom. The summed E-state index contributed by atoms with van der Waals surface area (Å²) < 4.78 is 5.33. The van der Waals surface area contributed by atoms with Crippen LogP contribution in [0.4, 0.5) is 11.8 Å². The number of hydrogen-bond donors (Lipinski definition) is 2. The lowest BCUT2D eigenvalue weighted by Gasteiger charge is -2.07. The van der Waals surface area contributed by atoms with E-state index < -0.39 is 0 Å². The highest BCUT2D eigenvalue weighted by Gasteiger charge is 2.02. The Kier molecular flexibility index (Phi) is 4.93. The Morgan fingerprint density at radius 1 is 1.56 bits per heavy atom. The van der Waals surface area contributed by atoms with Crippen molar-refractivity contribution in [1.29, 1.82) is 0 Å². The number of aromatic nitrogens is 2. The van der Waals surface area contributed by atoms with Crippen molar-refractivity contribution in [3.8, 4) is 18.2 Å². The van der Waals surface area contributed by atoms with Gasteiger partial charge in [-0.1, -0.05) is 6.92 Å². The maximum absolute atomic E-state index is 5.55. The number of nitrogens with zero attached hydrogens (tertiary/aromatic N) is 2. The molecule has 0 spiro atoms. The van der Waals surface area contributed by atoms with Crippen LogP contribution in [0.2, 0.25) is 0 Å². The van der Waals surface area contributed by atoms with E-state index in [0.717, 1.165) is 13.0 Å². The average Bonchev–Trinajstić information content (AvgIpc) is 2.26. The molecule has 1 rings (SSSR count). The van der Waals surface area contributed by atoms with Gasteiger partial charge >= 0.3 is 0 Å². The fourth-order valence-corrected chi connectivity index (χ4v) is 1.07. The Morgan fingerprint density at radius 2 is 2.38 bits per heavy atom. The normalized spacial score (nSPS) is 9.50. The maximum atomic E-state index is 5.55. The largest absolute Gasteiger partial charge is 0.476 e. The lowest BCUT2D eigenvalue weighted by Crippen LogP contribution is -2.07. The van der Waals surface area contributed by atoms with E-state index in [4.69, 9.17) is 16.9 Å². The van der Waals surface area contributed by atoms with Crippen molar-refractivity contribution in [1.82, 2.24) is 9.97 Å². The second kappa shape index (κ2) is 6.51. The van der Waals surface area contributed by atoms with E-state index in [-0.39, 0.29) is 5.95 Å². The number of rotatable bonds is 6. The number of hydrogen-bond acceptors (Lipinski definition) is 5. The summed E-state index contributed by atoms with van der Waals surface area (Å²) >= 11 is 0.